The molecule has 0 aliphatic carbocycles. The Morgan fingerprint density at radius 2 is 2.00 bits per heavy atom. The van der Waals surface area contributed by atoms with Gasteiger partial charge in [0.1, 0.15) is 0 Å². The molecule has 4 heteroatoms. The maximum absolute atomic E-state index is 2.29. The molecule has 0 aromatic rings. The zero-order valence-electron chi connectivity index (χ0n) is 5.89. The first kappa shape index (κ1) is 13.3. The van der Waals surface area contributed by atoms with Gasteiger partial charge < -0.3 is 0 Å². The van der Waals surface area contributed by atoms with Gasteiger partial charge in [-0.3, -0.25) is 0 Å². The smallest absolute Gasteiger partial charge is 0.0316 e. The fourth-order valence-electron chi connectivity index (χ4n) is 0.538. The van der Waals surface area contributed by atoms with Crippen LogP contribution in [0.15, 0.2) is 11.0 Å². The van der Waals surface area contributed by atoms with Crippen LogP contribution >= 0.6 is 21.6 Å². The third-order valence-electron chi connectivity index (χ3n) is 0.801. The Morgan fingerprint density at radius 3 is 2.11 bits per heavy atom. The predicted octanol–water partition coefficient (Wildman–Crippen LogP) is 2.67. The molecule has 0 aromatic heterocycles. The van der Waals surface area contributed by atoms with Crippen molar-refractivity contribution in [2.75, 3.05) is 0 Å². The van der Waals surface area contributed by atoms with Gasteiger partial charge in [-0.25, -0.2) is 0 Å². The number of hydrogen-bond donors (Lipinski definition) is 0. The first-order valence-electron chi connectivity index (χ1n) is 2.31. The van der Waals surface area contributed by atoms with Gasteiger partial charge in [-0.05, 0) is 18.8 Å². The van der Waals surface area contributed by atoms with Crippen molar-refractivity contribution in [3.05, 3.63) is 11.0 Å². The minimum absolute atomic E-state index is 0. The van der Waals surface area contributed by atoms with Crippen LogP contribution in [0.4, 0.5) is 0 Å². The molecule has 0 saturated carbocycles. The molecule has 1 aliphatic heterocycles. The van der Waals surface area contributed by atoms with Gasteiger partial charge >= 0.3 is 0 Å². The molecule has 44 valence electrons. The van der Waals surface area contributed by atoms with E-state index in [1.807, 2.05) is 21.6 Å². The van der Waals surface area contributed by atoms with Crippen LogP contribution in [0.1, 0.15) is 13.8 Å². The van der Waals surface area contributed by atoms with Crippen molar-refractivity contribution < 1.29 is 39.0 Å². The van der Waals surface area contributed by atoms with E-state index in [9.17, 15) is 0 Å². The summed E-state index contributed by atoms with van der Waals surface area (Å²) >= 11 is 0. The Hall–Kier alpha value is 1.69. The molecular formula is C5H8S2Zn2. The second-order valence-electron chi connectivity index (χ2n) is 1.66. The van der Waals surface area contributed by atoms with Crippen molar-refractivity contribution in [3.8, 4) is 0 Å². The normalized spacial score (nSPS) is 23.8. The summed E-state index contributed by atoms with van der Waals surface area (Å²) in [6.07, 6.45) is 2.29. The minimum Gasteiger partial charge on any atom is -0.0819 e. The van der Waals surface area contributed by atoms with E-state index in [1.165, 1.54) is 4.91 Å². The molecule has 0 fully saturated rings. The summed E-state index contributed by atoms with van der Waals surface area (Å²) in [5.74, 6) is 0. The third-order valence-corrected chi connectivity index (χ3v) is 3.72. The first-order chi connectivity index (χ1) is 3.29. The summed E-state index contributed by atoms with van der Waals surface area (Å²) < 4.78 is 0. The van der Waals surface area contributed by atoms with Crippen LogP contribution in [-0.4, -0.2) is 5.25 Å². The van der Waals surface area contributed by atoms with Crippen molar-refractivity contribution in [2.24, 2.45) is 0 Å². The van der Waals surface area contributed by atoms with Crippen molar-refractivity contribution in [3.63, 3.8) is 0 Å². The van der Waals surface area contributed by atoms with E-state index in [0.29, 0.717) is 0 Å². The quantitative estimate of drug-likeness (QED) is 0.486. The van der Waals surface area contributed by atoms with Gasteiger partial charge in [-0.1, -0.05) is 27.7 Å². The Bertz CT molecular complexity index is 103. The third kappa shape index (κ3) is 5.01. The van der Waals surface area contributed by atoms with Crippen LogP contribution in [0.2, 0.25) is 0 Å². The zero-order chi connectivity index (χ0) is 5.28. The van der Waals surface area contributed by atoms with Gasteiger partial charge in [0, 0.05) is 44.2 Å². The molecule has 0 N–H and O–H groups in total. The van der Waals surface area contributed by atoms with E-state index in [1.54, 1.807) is 0 Å². The van der Waals surface area contributed by atoms with Crippen molar-refractivity contribution in [1.29, 1.82) is 0 Å². The van der Waals surface area contributed by atoms with Crippen LogP contribution in [0.3, 0.4) is 0 Å². The molecule has 0 radical (unpaired) electrons. The van der Waals surface area contributed by atoms with Crippen LogP contribution in [0.25, 0.3) is 0 Å². The molecule has 0 nitrogen and oxygen atoms in total. The molecule has 1 heterocycles. The molecule has 1 rings (SSSR count). The van der Waals surface area contributed by atoms with Crippen molar-refractivity contribution in [1.82, 2.24) is 0 Å². The monoisotopic (exact) mass is 260 g/mol. The second-order valence-corrected chi connectivity index (χ2v) is 4.49. The molecular weight excluding hydrogens is 255 g/mol. The van der Waals surface area contributed by atoms with Gasteiger partial charge in [-0.15, -0.1) is 0 Å². The summed E-state index contributed by atoms with van der Waals surface area (Å²) in [5.41, 5.74) is 0. The summed E-state index contributed by atoms with van der Waals surface area (Å²) in [6, 6.07) is 0. The Labute approximate surface area is 89.9 Å². The van der Waals surface area contributed by atoms with Gasteiger partial charge in [0.15, 0.2) is 0 Å². The van der Waals surface area contributed by atoms with E-state index in [0.717, 1.165) is 5.25 Å². The van der Waals surface area contributed by atoms with Crippen molar-refractivity contribution >= 4 is 21.6 Å². The molecule has 0 saturated heterocycles. The van der Waals surface area contributed by atoms with E-state index >= 15 is 0 Å². The maximum atomic E-state index is 2.29. The summed E-state index contributed by atoms with van der Waals surface area (Å²) in [7, 11) is 3.81. The van der Waals surface area contributed by atoms with E-state index in [2.05, 4.69) is 19.9 Å². The van der Waals surface area contributed by atoms with Gasteiger partial charge in [0.25, 0.3) is 0 Å². The molecule has 0 aromatic carbocycles. The molecule has 1 atom stereocenters. The van der Waals surface area contributed by atoms with Gasteiger partial charge in [0.2, 0.25) is 0 Å². The molecule has 0 spiro atoms. The number of rotatable bonds is 0. The fraction of sp³-hybridized carbons (Fsp3) is 0.600. The van der Waals surface area contributed by atoms with Crippen LogP contribution in [0, 0.1) is 0 Å². The average molecular weight is 263 g/mol. The molecule has 9 heavy (non-hydrogen) atoms. The number of allylic oxidation sites excluding steroid dienone is 1. The average Bonchev–Trinajstić information content (AvgIpc) is 1.87. The topological polar surface area (TPSA) is 0 Å². The molecule has 0 bridgehead atoms. The largest absolute Gasteiger partial charge is 0.0819 e. The first-order valence-corrected chi connectivity index (χ1v) is 4.52. The predicted molar refractivity (Wildman–Crippen MR) is 38.4 cm³/mol. The van der Waals surface area contributed by atoms with E-state index in [4.69, 9.17) is 0 Å². The molecule has 1 aliphatic rings. The van der Waals surface area contributed by atoms with Crippen molar-refractivity contribution in [2.45, 2.75) is 19.1 Å². The SMILES string of the molecule is CC1=CC(C)SS1.[Zn].[Zn]. The van der Waals surface area contributed by atoms with Crippen LogP contribution in [0.5, 0.6) is 0 Å². The molecule has 1 unspecified atom stereocenters. The Morgan fingerprint density at radius 1 is 1.44 bits per heavy atom. The standard InChI is InChI=1S/C5H8S2.2Zn/c1-4-3-5(2)7-6-4;;/h3-4H,1-2H3;;. The van der Waals surface area contributed by atoms with E-state index in [-0.39, 0.29) is 39.0 Å². The van der Waals surface area contributed by atoms with Crippen LogP contribution < -0.4 is 0 Å². The zero-order valence-corrected chi connectivity index (χ0v) is 13.5. The minimum atomic E-state index is 0. The number of hydrogen-bond acceptors (Lipinski definition) is 2. The van der Waals surface area contributed by atoms with Gasteiger partial charge in [0.05, 0.1) is 0 Å². The maximum Gasteiger partial charge on any atom is 0.0316 e. The summed E-state index contributed by atoms with van der Waals surface area (Å²) in [6.45, 7) is 4.37. The fourth-order valence-corrected chi connectivity index (χ4v) is 2.69. The Balaban J connectivity index is 0. The van der Waals surface area contributed by atoms with Crippen LogP contribution in [-0.2, 0) is 39.0 Å². The summed E-state index contributed by atoms with van der Waals surface area (Å²) in [5, 5.41) is 0.741. The van der Waals surface area contributed by atoms with Gasteiger partial charge in [-0.2, -0.15) is 0 Å². The summed E-state index contributed by atoms with van der Waals surface area (Å²) in [4.78, 5) is 1.46. The Kier molecular flexibility index (Phi) is 9.45. The van der Waals surface area contributed by atoms with E-state index < -0.39 is 0 Å². The second kappa shape index (κ2) is 6.40. The molecule has 0 amide bonds.